The molecule has 4 rings (SSSR count). The molecule has 0 heterocycles. The minimum absolute atomic E-state index is 0.226. The maximum Gasteiger partial charge on any atom is 0.141 e. The lowest BCUT2D eigenvalue weighted by Crippen LogP contribution is -2.35. The van der Waals surface area contributed by atoms with E-state index in [1.54, 1.807) is 5.57 Å². The molecule has 0 unspecified atom stereocenters. The number of allylic oxidation sites excluding steroid dienone is 5. The lowest BCUT2D eigenvalue weighted by atomic mass is 9.61. The lowest BCUT2D eigenvalue weighted by Gasteiger charge is -2.44. The summed E-state index contributed by atoms with van der Waals surface area (Å²) in [5.74, 6) is 1.90. The number of aliphatic hydroxyl groups is 2. The Bertz CT molecular complexity index is 950. The Kier molecular flexibility index (Phi) is 10.5. The number of carbonyl (C=O) groups is 1. The van der Waals surface area contributed by atoms with Crippen molar-refractivity contribution < 1.29 is 15.0 Å². The quantitative estimate of drug-likeness (QED) is 0.183. The zero-order valence-electron chi connectivity index (χ0n) is 25.2. The molecule has 0 aromatic rings. The second-order valence-corrected chi connectivity index (χ2v) is 13.8. The number of hydrogen-bond acceptors (Lipinski definition) is 3. The summed E-state index contributed by atoms with van der Waals surface area (Å²) >= 11 is 0. The molecule has 0 radical (unpaired) electrons. The fourth-order valence-corrected chi connectivity index (χ4v) is 8.33. The average Bonchev–Trinajstić information content (AvgIpc) is 3.66. The zero-order valence-corrected chi connectivity index (χ0v) is 25.2. The molecular weight excluding hydrogens is 480 g/mol. The van der Waals surface area contributed by atoms with Gasteiger partial charge in [-0.2, -0.15) is 0 Å². The van der Waals surface area contributed by atoms with E-state index in [-0.39, 0.29) is 11.5 Å². The van der Waals surface area contributed by atoms with E-state index in [1.165, 1.54) is 68.9 Å². The Morgan fingerprint density at radius 2 is 1.77 bits per heavy atom. The third-order valence-electron chi connectivity index (χ3n) is 11.1. The highest BCUT2D eigenvalue weighted by molar-refractivity contribution is 5.88. The molecule has 0 amide bonds. The maximum absolute atomic E-state index is 13.0. The van der Waals surface area contributed by atoms with Crippen LogP contribution in [0.4, 0.5) is 0 Å². The number of Topliss-reactive ketones (excluding diaryl/α,β-unsaturated/α-hetero) is 1. The Hall–Kier alpha value is -1.45. The first-order valence-corrected chi connectivity index (χ1v) is 16.4. The first-order valence-electron chi connectivity index (χ1n) is 16.4. The number of ketones is 1. The van der Waals surface area contributed by atoms with Gasteiger partial charge in [-0.05, 0) is 99.4 Å². The molecule has 218 valence electrons. The molecule has 2 N–H and O–H groups in total. The zero-order chi connectivity index (χ0) is 28.0. The molecular formula is C36H56O3. The van der Waals surface area contributed by atoms with Crippen LogP contribution in [0.3, 0.4) is 0 Å². The number of aliphatic hydroxyl groups excluding tert-OH is 2. The van der Waals surface area contributed by atoms with Crippen LogP contribution in [0.2, 0.25) is 0 Å². The standard InChI is InChI=1S/C36H56O3/c1-5-6-7-8-9-10-13-33(38)36(23-24-36)34(39)21-15-27(3)31-19-20-32-28(12-11-22-35(31,32)4)16-17-29-25-30(37)18-14-26(29)2/h15-17,21,27,30-32,34,37,39H,2,5-14,18-20,22-25H2,1,3-4H3/b21-15+,28-16+,29-17-/t27-,30+,31-,32+,34+,35-/m1/s1. The molecule has 0 aromatic heterocycles. The highest BCUT2D eigenvalue weighted by Crippen LogP contribution is 2.60. The monoisotopic (exact) mass is 536 g/mol. The van der Waals surface area contributed by atoms with Crippen molar-refractivity contribution in [3.05, 3.63) is 47.6 Å². The second-order valence-electron chi connectivity index (χ2n) is 13.8. The number of unbranched alkanes of at least 4 members (excludes halogenated alkanes) is 5. The van der Waals surface area contributed by atoms with Crippen LogP contribution in [0, 0.1) is 28.6 Å². The average molecular weight is 537 g/mol. The van der Waals surface area contributed by atoms with Crippen LogP contribution in [-0.2, 0) is 4.79 Å². The van der Waals surface area contributed by atoms with Crippen LogP contribution in [0.15, 0.2) is 47.6 Å². The second kappa shape index (κ2) is 13.5. The van der Waals surface area contributed by atoms with Gasteiger partial charge < -0.3 is 10.2 Å². The summed E-state index contributed by atoms with van der Waals surface area (Å²) in [6, 6.07) is 0. The van der Waals surface area contributed by atoms with E-state index >= 15 is 0 Å². The number of rotatable bonds is 13. The minimum atomic E-state index is -0.634. The van der Waals surface area contributed by atoms with Crippen LogP contribution >= 0.6 is 0 Å². The van der Waals surface area contributed by atoms with E-state index in [1.807, 2.05) is 6.08 Å². The van der Waals surface area contributed by atoms with Gasteiger partial charge in [-0.1, -0.05) is 94.9 Å². The van der Waals surface area contributed by atoms with E-state index in [0.717, 1.165) is 44.9 Å². The molecule has 0 aromatic carbocycles. The maximum atomic E-state index is 13.0. The fourth-order valence-electron chi connectivity index (χ4n) is 8.33. The van der Waals surface area contributed by atoms with Gasteiger partial charge in [0.25, 0.3) is 0 Å². The normalized spacial score (nSPS) is 34.0. The number of carbonyl (C=O) groups excluding carboxylic acids is 1. The Balaban J connectivity index is 1.34. The van der Waals surface area contributed by atoms with Crippen LogP contribution in [-0.4, -0.2) is 28.2 Å². The number of hydrogen-bond donors (Lipinski definition) is 2. The molecule has 0 aliphatic heterocycles. The molecule has 39 heavy (non-hydrogen) atoms. The van der Waals surface area contributed by atoms with Crippen LogP contribution in [0.1, 0.15) is 130 Å². The van der Waals surface area contributed by atoms with E-state index in [4.69, 9.17) is 0 Å². The van der Waals surface area contributed by atoms with Gasteiger partial charge in [-0.3, -0.25) is 4.79 Å². The minimum Gasteiger partial charge on any atom is -0.393 e. The highest BCUT2D eigenvalue weighted by Gasteiger charge is 2.54. The van der Waals surface area contributed by atoms with Gasteiger partial charge in [0, 0.05) is 6.42 Å². The van der Waals surface area contributed by atoms with Crippen molar-refractivity contribution in [1.82, 2.24) is 0 Å². The lowest BCUT2D eigenvalue weighted by molar-refractivity contribution is -0.127. The summed E-state index contributed by atoms with van der Waals surface area (Å²) < 4.78 is 0. The smallest absolute Gasteiger partial charge is 0.141 e. The summed E-state index contributed by atoms with van der Waals surface area (Å²) in [5, 5.41) is 21.2. The third kappa shape index (κ3) is 7.07. The highest BCUT2D eigenvalue weighted by atomic mass is 16.3. The Morgan fingerprint density at radius 1 is 1.03 bits per heavy atom. The molecule has 0 spiro atoms. The largest absolute Gasteiger partial charge is 0.393 e. The van der Waals surface area contributed by atoms with Gasteiger partial charge in [0.1, 0.15) is 5.78 Å². The van der Waals surface area contributed by atoms with Crippen molar-refractivity contribution >= 4 is 5.78 Å². The van der Waals surface area contributed by atoms with E-state index in [2.05, 4.69) is 45.6 Å². The number of fused-ring (bicyclic) bond motifs is 1. The van der Waals surface area contributed by atoms with Crippen LogP contribution in [0.25, 0.3) is 0 Å². The molecule has 4 fully saturated rings. The summed E-state index contributed by atoms with van der Waals surface area (Å²) in [7, 11) is 0. The molecule has 4 aliphatic carbocycles. The molecule has 0 saturated heterocycles. The van der Waals surface area contributed by atoms with Gasteiger partial charge in [-0.15, -0.1) is 0 Å². The van der Waals surface area contributed by atoms with E-state index < -0.39 is 11.5 Å². The summed E-state index contributed by atoms with van der Waals surface area (Å²) in [6.07, 6.45) is 26.1. The van der Waals surface area contributed by atoms with Gasteiger partial charge in [0.2, 0.25) is 0 Å². The molecule has 6 atom stereocenters. The van der Waals surface area contributed by atoms with E-state index in [0.29, 0.717) is 30.0 Å². The fraction of sp³-hybridized carbons (Fsp3) is 0.750. The van der Waals surface area contributed by atoms with Crippen molar-refractivity contribution in [2.24, 2.45) is 28.6 Å². The van der Waals surface area contributed by atoms with Crippen molar-refractivity contribution in [2.45, 2.75) is 142 Å². The van der Waals surface area contributed by atoms with Crippen molar-refractivity contribution in [3.63, 3.8) is 0 Å². The predicted octanol–water partition coefficient (Wildman–Crippen LogP) is 8.81. The van der Waals surface area contributed by atoms with Crippen LogP contribution < -0.4 is 0 Å². The summed E-state index contributed by atoms with van der Waals surface area (Å²) in [5.41, 5.74) is 3.79. The predicted molar refractivity (Wildman–Crippen MR) is 162 cm³/mol. The molecule has 3 heteroatoms. The van der Waals surface area contributed by atoms with Gasteiger partial charge >= 0.3 is 0 Å². The molecule has 0 bridgehead atoms. The Labute approximate surface area is 238 Å². The van der Waals surface area contributed by atoms with Crippen molar-refractivity contribution in [3.8, 4) is 0 Å². The van der Waals surface area contributed by atoms with Crippen LogP contribution in [0.5, 0.6) is 0 Å². The first-order chi connectivity index (χ1) is 18.7. The molecule has 3 nitrogen and oxygen atoms in total. The van der Waals surface area contributed by atoms with Gasteiger partial charge in [0.05, 0.1) is 17.6 Å². The SMILES string of the molecule is C=C1CC[C@H](O)C/C1=C/C=C1\CCC[C@]2(C)[C@@H]([C@H](C)/C=C/[C@H](O)C3(C(=O)CCCCCCCC)CC3)CC[C@@H]12. The van der Waals surface area contributed by atoms with Gasteiger partial charge in [-0.25, -0.2) is 0 Å². The Morgan fingerprint density at radius 3 is 2.51 bits per heavy atom. The molecule has 4 saturated carbocycles. The third-order valence-corrected chi connectivity index (χ3v) is 11.1. The van der Waals surface area contributed by atoms with Crippen molar-refractivity contribution in [1.29, 1.82) is 0 Å². The summed E-state index contributed by atoms with van der Waals surface area (Å²) in [6.45, 7) is 11.3. The van der Waals surface area contributed by atoms with E-state index in [9.17, 15) is 15.0 Å². The first kappa shape index (κ1) is 30.5. The topological polar surface area (TPSA) is 57.5 Å². The van der Waals surface area contributed by atoms with Gasteiger partial charge in [0.15, 0.2) is 0 Å². The van der Waals surface area contributed by atoms with Crippen molar-refractivity contribution in [2.75, 3.05) is 0 Å². The molecule has 4 aliphatic rings. The summed E-state index contributed by atoms with van der Waals surface area (Å²) in [4.78, 5) is 13.0.